The maximum absolute atomic E-state index is 13.4. The van der Waals surface area contributed by atoms with Crippen molar-refractivity contribution < 1.29 is 10.1 Å². The summed E-state index contributed by atoms with van der Waals surface area (Å²) in [7, 11) is 1.78. The second-order valence-corrected chi connectivity index (χ2v) is 10.1. The topological polar surface area (TPSA) is 151 Å². The van der Waals surface area contributed by atoms with Gasteiger partial charge in [0.15, 0.2) is 17.1 Å². The lowest BCUT2D eigenvalue weighted by atomic mass is 9.81. The zero-order valence-corrected chi connectivity index (χ0v) is 21.3. The smallest absolute Gasteiger partial charge is 0.274 e. The van der Waals surface area contributed by atoms with E-state index in [1.165, 1.54) is 6.20 Å². The van der Waals surface area contributed by atoms with E-state index in [2.05, 4.69) is 26.3 Å². The largest absolute Gasteiger partial charge is 0.446 e. The molecular formula is C26H25ClN9O2+. The first-order valence-electron chi connectivity index (χ1n) is 12.4. The van der Waals surface area contributed by atoms with Crippen LogP contribution in [0.1, 0.15) is 43.2 Å². The molecule has 192 valence electrons. The number of fused-ring (bicyclic) bond motifs is 1. The highest BCUT2D eigenvalue weighted by molar-refractivity contribution is 6.36. The molecule has 11 nitrogen and oxygen atoms in total. The van der Waals surface area contributed by atoms with Gasteiger partial charge in [-0.15, -0.1) is 0 Å². The lowest BCUT2D eigenvalue weighted by Crippen LogP contribution is -2.77. The van der Waals surface area contributed by atoms with E-state index in [1.54, 1.807) is 40.1 Å². The Kier molecular flexibility index (Phi) is 6.06. The van der Waals surface area contributed by atoms with Crippen LogP contribution in [0, 0.1) is 22.7 Å². The Hall–Kier alpha value is -4.27. The molecular weight excluding hydrogens is 506 g/mol. The summed E-state index contributed by atoms with van der Waals surface area (Å²) >= 11 is 6.73. The van der Waals surface area contributed by atoms with Gasteiger partial charge in [0.25, 0.3) is 5.56 Å². The van der Waals surface area contributed by atoms with E-state index >= 15 is 0 Å². The highest BCUT2D eigenvalue weighted by Gasteiger charge is 2.33. The summed E-state index contributed by atoms with van der Waals surface area (Å²) in [5, 5.41) is 22.2. The van der Waals surface area contributed by atoms with Gasteiger partial charge in [-0.25, -0.2) is 4.98 Å². The Labute approximate surface area is 222 Å². The Morgan fingerprint density at radius 2 is 2.21 bits per heavy atom. The van der Waals surface area contributed by atoms with Crippen LogP contribution in [0.4, 0.5) is 11.6 Å². The molecule has 3 aromatic rings. The molecule has 0 aromatic carbocycles. The van der Waals surface area contributed by atoms with Crippen LogP contribution in [0.15, 0.2) is 52.1 Å². The monoisotopic (exact) mass is 530 g/mol. The fourth-order valence-electron chi connectivity index (χ4n) is 4.76. The van der Waals surface area contributed by atoms with Crippen LogP contribution in [-0.4, -0.2) is 31.5 Å². The molecule has 0 bridgehead atoms. The number of nitrogens with one attached hydrogen (secondary N) is 2. The number of anilines is 2. The maximum Gasteiger partial charge on any atom is 0.274 e. The van der Waals surface area contributed by atoms with Crippen LogP contribution in [-0.2, 0) is 7.05 Å². The number of nitrogens with zero attached hydrogens (tertiary/aromatic N) is 6. The Morgan fingerprint density at radius 1 is 1.39 bits per heavy atom. The van der Waals surface area contributed by atoms with Crippen LogP contribution in [0.5, 0.6) is 5.75 Å². The summed E-state index contributed by atoms with van der Waals surface area (Å²) in [6.07, 6.45) is 13.1. The fraction of sp³-hybridized carbons (Fsp3) is 0.308. The number of hydrogen-bond donors (Lipinski definition) is 3. The van der Waals surface area contributed by atoms with Crippen LogP contribution in [0.3, 0.4) is 0 Å². The predicted octanol–water partition coefficient (Wildman–Crippen LogP) is 3.24. The van der Waals surface area contributed by atoms with E-state index < -0.39 is 0 Å². The highest BCUT2D eigenvalue weighted by Crippen LogP contribution is 2.42. The first-order valence-corrected chi connectivity index (χ1v) is 12.7. The molecule has 12 heteroatoms. The number of aromatic nitrogens is 4. The zero-order chi connectivity index (χ0) is 26.4. The second kappa shape index (κ2) is 9.55. The maximum atomic E-state index is 13.4. The highest BCUT2D eigenvalue weighted by atomic mass is 35.5. The minimum absolute atomic E-state index is 0.000859. The Balaban J connectivity index is 1.34. The van der Waals surface area contributed by atoms with Gasteiger partial charge in [0.05, 0.1) is 36.8 Å². The van der Waals surface area contributed by atoms with Gasteiger partial charge in [0, 0.05) is 19.3 Å². The van der Waals surface area contributed by atoms with Gasteiger partial charge in [-0.1, -0.05) is 11.6 Å². The first-order chi connectivity index (χ1) is 18.5. The van der Waals surface area contributed by atoms with Crippen LogP contribution in [0.25, 0.3) is 11.2 Å². The number of aryl methyl sites for hydroxylation is 1. The van der Waals surface area contributed by atoms with Crippen molar-refractivity contribution in [3.05, 3.63) is 63.3 Å². The molecule has 1 aliphatic heterocycles. The summed E-state index contributed by atoms with van der Waals surface area (Å²) in [5.41, 5.74) is 2.94. The summed E-state index contributed by atoms with van der Waals surface area (Å²) < 4.78 is 9.42. The Bertz CT molecular complexity index is 1650. The lowest BCUT2D eigenvalue weighted by Gasteiger charge is -2.32. The van der Waals surface area contributed by atoms with Gasteiger partial charge >= 0.3 is 0 Å². The summed E-state index contributed by atoms with van der Waals surface area (Å²) in [6, 6.07) is 4.22. The SMILES string of the molecule is Cn1c(Nc2cc(C3CC3)cn(C3CC(C#N)C3)c2=O)nc2ncc(O/C(C=N)=C3\C=NC=C[NH2+]3)c(Cl)c21. The molecule has 0 unspecified atom stereocenters. The van der Waals surface area contributed by atoms with E-state index in [4.69, 9.17) is 21.7 Å². The quantitative estimate of drug-likeness (QED) is 0.315. The molecule has 0 radical (unpaired) electrons. The molecule has 6 rings (SSSR count). The zero-order valence-electron chi connectivity index (χ0n) is 20.6. The number of imidazole rings is 1. The van der Waals surface area contributed by atoms with E-state index in [-0.39, 0.29) is 34.1 Å². The van der Waals surface area contributed by atoms with Gasteiger partial charge in [-0.2, -0.15) is 10.2 Å². The summed E-state index contributed by atoms with van der Waals surface area (Å²) in [5.74, 6) is 1.40. The molecule has 0 amide bonds. The van der Waals surface area contributed by atoms with Crippen molar-refractivity contribution in [2.75, 3.05) is 5.32 Å². The molecule has 2 saturated carbocycles. The standard InChI is InChI=1S/C26H24ClN9O2/c1-35-23-22(27)21(38-20(10-29)19-11-30-4-5-31-19)12-32-24(23)34-26(35)33-18-8-16(15-2-3-15)13-36(25(18)37)17-6-14(7-17)9-28/h4-5,8,10-15,17,29,31H,2-3,6-7H2,1H3,(H,32,33,34)/p+1/b20-19+,29-10?. The average Bonchev–Trinajstić information content (AvgIpc) is 3.70. The third-order valence-corrected chi connectivity index (χ3v) is 7.52. The molecule has 4 N–H and O–H groups in total. The van der Waals surface area contributed by atoms with E-state index in [0.717, 1.165) is 24.6 Å². The van der Waals surface area contributed by atoms with Crippen molar-refractivity contribution in [3.63, 3.8) is 0 Å². The molecule has 0 atom stereocenters. The normalized spacial score (nSPS) is 21.6. The third-order valence-electron chi connectivity index (χ3n) is 7.15. The number of quaternary nitrogens is 1. The Morgan fingerprint density at radius 3 is 2.89 bits per heavy atom. The number of hydrogen-bond acceptors (Lipinski definition) is 8. The number of nitriles is 1. The molecule has 3 aliphatic rings. The molecule has 0 saturated heterocycles. The summed E-state index contributed by atoms with van der Waals surface area (Å²) in [6.45, 7) is 0. The number of halogens is 1. The number of pyridine rings is 2. The minimum Gasteiger partial charge on any atom is -0.446 e. The van der Waals surface area contributed by atoms with Crippen molar-refractivity contribution in [1.82, 2.24) is 19.1 Å². The van der Waals surface area contributed by atoms with Gasteiger partial charge in [-0.3, -0.25) is 15.1 Å². The molecule has 0 spiro atoms. The number of ether oxygens (including phenoxy) is 1. The van der Waals surface area contributed by atoms with E-state index in [9.17, 15) is 10.1 Å². The van der Waals surface area contributed by atoms with Crippen molar-refractivity contribution in [3.8, 4) is 11.8 Å². The minimum atomic E-state index is -0.146. The van der Waals surface area contributed by atoms with Crippen molar-refractivity contribution in [1.29, 1.82) is 10.7 Å². The van der Waals surface area contributed by atoms with Crippen molar-refractivity contribution >= 4 is 46.8 Å². The van der Waals surface area contributed by atoms with Gasteiger partial charge in [0.2, 0.25) is 11.7 Å². The summed E-state index contributed by atoms with van der Waals surface area (Å²) in [4.78, 5) is 26.5. The number of rotatable bonds is 7. The van der Waals surface area contributed by atoms with Gasteiger partial charge in [0.1, 0.15) is 22.4 Å². The number of aliphatic imine (C=N–C) groups is 1. The first kappa shape index (κ1) is 24.1. The van der Waals surface area contributed by atoms with Gasteiger partial charge in [-0.05, 0) is 43.2 Å². The molecule has 2 fully saturated rings. The lowest BCUT2D eigenvalue weighted by molar-refractivity contribution is -0.528. The van der Waals surface area contributed by atoms with Gasteiger partial charge < -0.3 is 24.6 Å². The van der Waals surface area contributed by atoms with E-state index in [0.29, 0.717) is 47.3 Å². The predicted molar refractivity (Wildman–Crippen MR) is 143 cm³/mol. The fourth-order valence-corrected chi connectivity index (χ4v) is 5.06. The number of nitrogens with two attached hydrogens (primary N) is 1. The molecule has 3 aromatic heterocycles. The van der Waals surface area contributed by atoms with Crippen LogP contribution >= 0.6 is 11.6 Å². The van der Waals surface area contributed by atoms with Crippen molar-refractivity contribution in [2.24, 2.45) is 18.0 Å². The van der Waals surface area contributed by atoms with E-state index in [1.807, 2.05) is 12.3 Å². The average molecular weight is 531 g/mol. The third kappa shape index (κ3) is 4.27. The van der Waals surface area contributed by atoms with Crippen LogP contribution < -0.4 is 20.9 Å². The number of allylic oxidation sites excluding steroid dienone is 2. The molecule has 38 heavy (non-hydrogen) atoms. The van der Waals surface area contributed by atoms with Crippen LogP contribution in [0.2, 0.25) is 5.02 Å². The van der Waals surface area contributed by atoms with Crippen molar-refractivity contribution in [2.45, 2.75) is 37.6 Å². The molecule has 2 aliphatic carbocycles. The second-order valence-electron chi connectivity index (χ2n) is 9.71. The molecule has 4 heterocycles.